The van der Waals surface area contributed by atoms with Gasteiger partial charge in [-0.25, -0.2) is 0 Å². The molecular weight excluding hydrogens is 384 g/mol. The predicted molar refractivity (Wildman–Crippen MR) is 106 cm³/mol. The van der Waals surface area contributed by atoms with Gasteiger partial charge in [0.25, 0.3) is 11.2 Å². The summed E-state index contributed by atoms with van der Waals surface area (Å²) in [6, 6.07) is 14.9. The maximum Gasteiger partial charge on any atom is 0.292 e. The summed E-state index contributed by atoms with van der Waals surface area (Å²) >= 11 is 6.15. The Morgan fingerprint density at radius 2 is 1.86 bits per heavy atom. The van der Waals surface area contributed by atoms with Crippen LogP contribution in [0.4, 0.5) is 11.4 Å². The van der Waals surface area contributed by atoms with Crippen LogP contribution in [0.5, 0.6) is 0 Å². The number of aromatic nitrogens is 2. The molecule has 0 aliphatic heterocycles. The average molecular weight is 401 g/mol. The Hall–Kier alpha value is -3.23. The molecule has 9 heteroatoms. The lowest BCUT2D eigenvalue weighted by Crippen LogP contribution is -2.26. The molecule has 0 aliphatic rings. The van der Waals surface area contributed by atoms with Crippen LogP contribution in [0.3, 0.4) is 0 Å². The normalized spacial score (nSPS) is 11.8. The smallest absolute Gasteiger partial charge is 0.292 e. The first-order valence-corrected chi connectivity index (χ1v) is 8.82. The van der Waals surface area contributed by atoms with Gasteiger partial charge in [-0.05, 0) is 17.7 Å². The second-order valence-electron chi connectivity index (χ2n) is 6.09. The Balaban J connectivity index is 1.71. The van der Waals surface area contributed by atoms with Gasteiger partial charge < -0.3 is 10.4 Å². The molecule has 8 nitrogen and oxygen atoms in total. The van der Waals surface area contributed by atoms with Gasteiger partial charge in [0.05, 0.1) is 28.6 Å². The highest BCUT2D eigenvalue weighted by atomic mass is 35.5. The lowest BCUT2D eigenvalue weighted by atomic mass is 10.1. The lowest BCUT2D eigenvalue weighted by molar-refractivity contribution is -0.384. The maximum atomic E-state index is 12.5. The van der Waals surface area contributed by atoms with E-state index in [1.165, 1.54) is 30.5 Å². The number of halogens is 1. The fourth-order valence-electron chi connectivity index (χ4n) is 2.64. The largest absolute Gasteiger partial charge is 0.391 e. The van der Waals surface area contributed by atoms with Crippen molar-refractivity contribution in [3.05, 3.63) is 91.8 Å². The van der Waals surface area contributed by atoms with Gasteiger partial charge in [-0.2, -0.15) is 9.78 Å². The molecule has 144 valence electrons. The molecule has 0 aliphatic carbocycles. The molecule has 3 rings (SSSR count). The van der Waals surface area contributed by atoms with E-state index >= 15 is 0 Å². The number of nitro benzene ring substituents is 1. The first kappa shape index (κ1) is 19.5. The number of non-ortho nitro benzene ring substituents is 1. The summed E-state index contributed by atoms with van der Waals surface area (Å²) in [5.74, 6) is 0. The predicted octanol–water partition coefficient (Wildman–Crippen LogP) is 2.81. The molecule has 0 fully saturated rings. The van der Waals surface area contributed by atoms with Crippen molar-refractivity contribution in [3.8, 4) is 5.69 Å². The minimum absolute atomic E-state index is 0.0831. The van der Waals surface area contributed by atoms with Crippen molar-refractivity contribution in [2.75, 3.05) is 11.9 Å². The highest BCUT2D eigenvalue weighted by Crippen LogP contribution is 2.18. The fraction of sp³-hybridized carbons (Fsp3) is 0.158. The first-order chi connectivity index (χ1) is 13.5. The SMILES string of the molecule is O=c1c(Cl)c(NCC(O)Cc2ccccc2)cnn1-c1ccc([N+](=O)[O-])cc1. The number of aliphatic hydroxyl groups excluding tert-OH is 1. The molecule has 28 heavy (non-hydrogen) atoms. The number of nitrogens with one attached hydrogen (secondary N) is 1. The summed E-state index contributed by atoms with van der Waals surface area (Å²) in [5, 5.41) is 27.8. The molecule has 2 N–H and O–H groups in total. The van der Waals surface area contributed by atoms with Gasteiger partial charge in [-0.3, -0.25) is 14.9 Å². The Bertz CT molecular complexity index is 1020. The number of hydrogen-bond donors (Lipinski definition) is 2. The van der Waals surface area contributed by atoms with Crippen molar-refractivity contribution < 1.29 is 10.0 Å². The highest BCUT2D eigenvalue weighted by Gasteiger charge is 2.13. The molecule has 0 bridgehead atoms. The Labute approximate surface area is 165 Å². The number of nitrogens with zero attached hydrogens (tertiary/aromatic N) is 3. The maximum absolute atomic E-state index is 12.5. The second kappa shape index (κ2) is 8.64. The Morgan fingerprint density at radius 3 is 2.50 bits per heavy atom. The van der Waals surface area contributed by atoms with E-state index in [-0.39, 0.29) is 17.3 Å². The summed E-state index contributed by atoms with van der Waals surface area (Å²) in [6.07, 6.45) is 1.16. The Morgan fingerprint density at radius 1 is 1.18 bits per heavy atom. The molecule has 1 unspecified atom stereocenters. The number of benzene rings is 2. The molecule has 0 saturated heterocycles. The van der Waals surface area contributed by atoms with Gasteiger partial charge >= 0.3 is 0 Å². The number of rotatable bonds is 7. The van der Waals surface area contributed by atoms with E-state index in [1.807, 2.05) is 30.3 Å². The summed E-state index contributed by atoms with van der Waals surface area (Å²) in [7, 11) is 0. The van der Waals surface area contributed by atoms with Gasteiger partial charge in [-0.1, -0.05) is 41.9 Å². The second-order valence-corrected chi connectivity index (χ2v) is 6.47. The van der Waals surface area contributed by atoms with E-state index in [0.717, 1.165) is 10.2 Å². The third kappa shape index (κ3) is 4.54. The lowest BCUT2D eigenvalue weighted by Gasteiger charge is -2.14. The number of anilines is 1. The minimum atomic E-state index is -0.671. The van der Waals surface area contributed by atoms with Crippen molar-refractivity contribution in [3.63, 3.8) is 0 Å². The summed E-state index contributed by atoms with van der Waals surface area (Å²) in [5.41, 5.74) is 0.992. The van der Waals surface area contributed by atoms with E-state index in [1.54, 1.807) is 0 Å². The molecule has 0 radical (unpaired) electrons. The average Bonchev–Trinajstić information content (AvgIpc) is 2.70. The van der Waals surface area contributed by atoms with Crippen molar-refractivity contribution in [1.29, 1.82) is 0 Å². The van der Waals surface area contributed by atoms with Gasteiger partial charge in [0.1, 0.15) is 5.02 Å². The van der Waals surface area contributed by atoms with Crippen LogP contribution in [0, 0.1) is 10.1 Å². The Kier molecular flexibility index (Phi) is 6.03. The molecular formula is C19H17ClN4O4. The summed E-state index contributed by atoms with van der Waals surface area (Å²) in [4.78, 5) is 22.7. The van der Waals surface area contributed by atoms with Crippen LogP contribution in [0.25, 0.3) is 5.69 Å². The van der Waals surface area contributed by atoms with Gasteiger partial charge in [0.15, 0.2) is 0 Å². The van der Waals surface area contributed by atoms with Gasteiger partial charge in [0, 0.05) is 25.1 Å². The molecule has 1 aromatic heterocycles. The molecule has 0 saturated carbocycles. The molecule has 0 spiro atoms. The van der Waals surface area contributed by atoms with Crippen LogP contribution >= 0.6 is 11.6 Å². The molecule has 2 aromatic carbocycles. The third-order valence-electron chi connectivity index (χ3n) is 4.07. The number of hydrogen-bond acceptors (Lipinski definition) is 6. The van der Waals surface area contributed by atoms with Crippen LogP contribution in [0.1, 0.15) is 5.56 Å². The zero-order valence-corrected chi connectivity index (χ0v) is 15.4. The summed E-state index contributed by atoms with van der Waals surface area (Å²) < 4.78 is 1.05. The molecule has 1 atom stereocenters. The first-order valence-electron chi connectivity index (χ1n) is 8.44. The van der Waals surface area contributed by atoms with Crippen LogP contribution in [-0.2, 0) is 6.42 Å². The topological polar surface area (TPSA) is 110 Å². The molecule has 3 aromatic rings. The van der Waals surface area contributed by atoms with Crippen molar-refractivity contribution >= 4 is 23.0 Å². The zero-order chi connectivity index (χ0) is 20.1. The monoisotopic (exact) mass is 400 g/mol. The van der Waals surface area contributed by atoms with Crippen LogP contribution in [0.2, 0.25) is 5.02 Å². The third-order valence-corrected chi connectivity index (χ3v) is 4.43. The van der Waals surface area contributed by atoms with E-state index < -0.39 is 16.6 Å². The van der Waals surface area contributed by atoms with Crippen LogP contribution in [0.15, 0.2) is 65.6 Å². The highest BCUT2D eigenvalue weighted by molar-refractivity contribution is 6.32. The van der Waals surface area contributed by atoms with E-state index in [0.29, 0.717) is 17.8 Å². The van der Waals surface area contributed by atoms with Crippen molar-refractivity contribution in [1.82, 2.24) is 9.78 Å². The van der Waals surface area contributed by atoms with Crippen LogP contribution < -0.4 is 10.9 Å². The quantitative estimate of drug-likeness (QED) is 0.466. The molecule has 0 amide bonds. The van der Waals surface area contributed by atoms with Crippen molar-refractivity contribution in [2.45, 2.75) is 12.5 Å². The van der Waals surface area contributed by atoms with Gasteiger partial charge in [0.2, 0.25) is 0 Å². The van der Waals surface area contributed by atoms with E-state index in [9.17, 15) is 20.0 Å². The van der Waals surface area contributed by atoms with E-state index in [4.69, 9.17) is 11.6 Å². The van der Waals surface area contributed by atoms with Crippen molar-refractivity contribution in [2.24, 2.45) is 0 Å². The fourth-order valence-corrected chi connectivity index (χ4v) is 2.84. The zero-order valence-electron chi connectivity index (χ0n) is 14.7. The summed E-state index contributed by atoms with van der Waals surface area (Å²) in [6.45, 7) is 0.192. The van der Waals surface area contributed by atoms with E-state index in [2.05, 4.69) is 10.4 Å². The number of aliphatic hydroxyl groups is 1. The van der Waals surface area contributed by atoms with Crippen LogP contribution in [-0.4, -0.2) is 32.5 Å². The van der Waals surface area contributed by atoms with Gasteiger partial charge in [-0.15, -0.1) is 0 Å². The standard InChI is InChI=1S/C19H17ClN4O4/c20-18-17(21-11-16(25)10-13-4-2-1-3-5-13)12-22-23(19(18)26)14-6-8-15(9-7-14)24(27)28/h1-9,12,16,21,25H,10-11H2. The number of nitro groups is 1. The minimum Gasteiger partial charge on any atom is -0.391 e. The molecule has 1 heterocycles.